The van der Waals surface area contributed by atoms with Gasteiger partial charge in [0.15, 0.2) is 5.43 Å². The van der Waals surface area contributed by atoms with Crippen molar-refractivity contribution >= 4 is 16.9 Å². The van der Waals surface area contributed by atoms with Gasteiger partial charge in [0.05, 0.1) is 17.0 Å². The summed E-state index contributed by atoms with van der Waals surface area (Å²) in [6.07, 6.45) is 0. The van der Waals surface area contributed by atoms with Gasteiger partial charge in [-0.25, -0.2) is 8.78 Å². The molecule has 1 N–H and O–H groups in total. The van der Waals surface area contributed by atoms with Gasteiger partial charge in [-0.3, -0.25) is 9.59 Å². The van der Waals surface area contributed by atoms with E-state index in [4.69, 9.17) is 4.42 Å². The number of carbonyl (C=O) groups excluding carboxylic acids is 1. The standard InChI is InChI=1S/C24H15F2NO4/c25-15-5-1-13(2-6-15)12-27-21(14-3-8-17(28)9-4-14)20-22(29)18-11-16(26)7-10-19(18)31-23(20)24(27)30/h1-11,21,28H,12H2/t21-/m1/s1. The summed E-state index contributed by atoms with van der Waals surface area (Å²) >= 11 is 0. The van der Waals surface area contributed by atoms with Gasteiger partial charge in [0.1, 0.15) is 23.0 Å². The van der Waals surface area contributed by atoms with Crippen LogP contribution >= 0.6 is 0 Å². The summed E-state index contributed by atoms with van der Waals surface area (Å²) in [4.78, 5) is 28.0. The van der Waals surface area contributed by atoms with Crippen molar-refractivity contribution in [1.82, 2.24) is 4.90 Å². The molecule has 1 atom stereocenters. The molecule has 0 spiro atoms. The lowest BCUT2D eigenvalue weighted by molar-refractivity contribution is 0.0714. The fraction of sp³-hybridized carbons (Fsp3) is 0.0833. The number of phenols is 1. The van der Waals surface area contributed by atoms with Gasteiger partial charge in [-0.15, -0.1) is 0 Å². The van der Waals surface area contributed by atoms with Crippen molar-refractivity contribution in [3.63, 3.8) is 0 Å². The van der Waals surface area contributed by atoms with Gasteiger partial charge < -0.3 is 14.4 Å². The van der Waals surface area contributed by atoms with Crippen LogP contribution in [0.5, 0.6) is 5.75 Å². The first-order valence-corrected chi connectivity index (χ1v) is 9.53. The number of fused-ring (bicyclic) bond motifs is 2. The van der Waals surface area contributed by atoms with E-state index in [0.29, 0.717) is 11.1 Å². The summed E-state index contributed by atoms with van der Waals surface area (Å²) in [6, 6.07) is 14.6. The number of halogens is 2. The topological polar surface area (TPSA) is 70.8 Å². The lowest BCUT2D eigenvalue weighted by Crippen LogP contribution is -2.29. The molecule has 5 nitrogen and oxygen atoms in total. The Kier molecular flexibility index (Phi) is 4.32. The van der Waals surface area contributed by atoms with Crippen molar-refractivity contribution < 1.29 is 23.1 Å². The normalized spacial score (nSPS) is 15.5. The number of hydrogen-bond acceptors (Lipinski definition) is 4. The number of hydrogen-bond donors (Lipinski definition) is 1. The molecular formula is C24H15F2NO4. The lowest BCUT2D eigenvalue weighted by Gasteiger charge is -2.25. The highest BCUT2D eigenvalue weighted by Crippen LogP contribution is 2.39. The van der Waals surface area contributed by atoms with E-state index in [-0.39, 0.29) is 34.6 Å². The molecule has 7 heteroatoms. The molecule has 3 aromatic carbocycles. The maximum atomic E-state index is 13.8. The van der Waals surface area contributed by atoms with Crippen molar-refractivity contribution in [3.8, 4) is 5.75 Å². The van der Waals surface area contributed by atoms with Crippen molar-refractivity contribution in [2.75, 3.05) is 0 Å². The molecule has 0 saturated carbocycles. The van der Waals surface area contributed by atoms with Gasteiger partial charge in [-0.05, 0) is 53.6 Å². The largest absolute Gasteiger partial charge is 0.508 e. The number of aromatic hydroxyl groups is 1. The predicted octanol–water partition coefficient (Wildman–Crippen LogP) is 4.52. The molecule has 0 saturated heterocycles. The summed E-state index contributed by atoms with van der Waals surface area (Å²) in [5, 5.41) is 9.70. The van der Waals surface area contributed by atoms with E-state index < -0.39 is 29.0 Å². The highest BCUT2D eigenvalue weighted by atomic mass is 19.1. The van der Waals surface area contributed by atoms with E-state index in [1.807, 2.05) is 0 Å². The van der Waals surface area contributed by atoms with Crippen LogP contribution in [0.4, 0.5) is 8.78 Å². The molecular weight excluding hydrogens is 404 g/mol. The fourth-order valence-corrected chi connectivity index (χ4v) is 3.95. The smallest absolute Gasteiger partial charge is 0.291 e. The van der Waals surface area contributed by atoms with Crippen LogP contribution < -0.4 is 5.43 Å². The van der Waals surface area contributed by atoms with Crippen LogP contribution in [-0.2, 0) is 6.54 Å². The van der Waals surface area contributed by atoms with E-state index in [1.165, 1.54) is 35.2 Å². The van der Waals surface area contributed by atoms with Gasteiger partial charge in [0.2, 0.25) is 5.76 Å². The molecule has 154 valence electrons. The van der Waals surface area contributed by atoms with Crippen LogP contribution in [0, 0.1) is 11.6 Å². The van der Waals surface area contributed by atoms with E-state index in [0.717, 1.165) is 12.1 Å². The maximum absolute atomic E-state index is 13.8. The lowest BCUT2D eigenvalue weighted by atomic mass is 9.98. The Morgan fingerprint density at radius 2 is 1.58 bits per heavy atom. The first-order valence-electron chi connectivity index (χ1n) is 9.53. The average Bonchev–Trinajstić information content (AvgIpc) is 3.03. The van der Waals surface area contributed by atoms with Crippen LogP contribution in [0.25, 0.3) is 11.0 Å². The highest BCUT2D eigenvalue weighted by Gasteiger charge is 2.42. The van der Waals surface area contributed by atoms with Crippen molar-refractivity contribution in [2.45, 2.75) is 12.6 Å². The number of carbonyl (C=O) groups is 1. The molecule has 0 radical (unpaired) electrons. The van der Waals surface area contributed by atoms with Crippen molar-refractivity contribution in [1.29, 1.82) is 0 Å². The van der Waals surface area contributed by atoms with E-state index in [1.54, 1.807) is 24.3 Å². The SMILES string of the molecule is O=C1c2oc3ccc(F)cc3c(=O)c2[C@@H](c2ccc(O)cc2)N1Cc1ccc(F)cc1. The van der Waals surface area contributed by atoms with Gasteiger partial charge >= 0.3 is 0 Å². The van der Waals surface area contributed by atoms with E-state index in [9.17, 15) is 23.5 Å². The van der Waals surface area contributed by atoms with E-state index >= 15 is 0 Å². The molecule has 1 aliphatic rings. The predicted molar refractivity (Wildman–Crippen MR) is 109 cm³/mol. The Morgan fingerprint density at radius 1 is 0.903 bits per heavy atom. The minimum Gasteiger partial charge on any atom is -0.508 e. The van der Waals surface area contributed by atoms with Crippen molar-refractivity contribution in [3.05, 3.63) is 111 Å². The molecule has 4 aromatic rings. The zero-order valence-electron chi connectivity index (χ0n) is 16.0. The minimum absolute atomic E-state index is 0.0333. The van der Waals surface area contributed by atoms with Crippen molar-refractivity contribution in [2.24, 2.45) is 0 Å². The number of nitrogens with zero attached hydrogens (tertiary/aromatic N) is 1. The third kappa shape index (κ3) is 3.15. The molecule has 0 unspecified atom stereocenters. The Balaban J connectivity index is 1.72. The van der Waals surface area contributed by atoms with Gasteiger partial charge in [0.25, 0.3) is 5.91 Å². The Morgan fingerprint density at radius 3 is 2.29 bits per heavy atom. The Bertz CT molecular complexity index is 1380. The summed E-state index contributed by atoms with van der Waals surface area (Å²) < 4.78 is 32.9. The van der Waals surface area contributed by atoms with Gasteiger partial charge in [-0.2, -0.15) is 0 Å². The van der Waals surface area contributed by atoms with Gasteiger partial charge in [0, 0.05) is 6.54 Å². The Labute approximate surface area is 174 Å². The second-order valence-corrected chi connectivity index (χ2v) is 7.37. The molecule has 0 fully saturated rings. The molecule has 5 rings (SSSR count). The zero-order valence-corrected chi connectivity index (χ0v) is 16.0. The van der Waals surface area contributed by atoms with Crippen LogP contribution in [0.15, 0.2) is 75.9 Å². The number of rotatable bonds is 3. The number of amides is 1. The van der Waals surface area contributed by atoms with Crippen LogP contribution in [0.2, 0.25) is 0 Å². The minimum atomic E-state index is -0.808. The molecule has 1 aromatic heterocycles. The van der Waals surface area contributed by atoms with Gasteiger partial charge in [-0.1, -0.05) is 24.3 Å². The maximum Gasteiger partial charge on any atom is 0.291 e. The monoisotopic (exact) mass is 419 g/mol. The molecule has 0 bridgehead atoms. The number of phenolic OH excluding ortho intramolecular Hbond substituents is 1. The van der Waals surface area contributed by atoms with Crippen LogP contribution in [0.1, 0.15) is 33.3 Å². The first kappa shape index (κ1) is 19.0. The zero-order chi connectivity index (χ0) is 21.7. The summed E-state index contributed by atoms with van der Waals surface area (Å²) in [7, 11) is 0. The molecule has 2 heterocycles. The summed E-state index contributed by atoms with van der Waals surface area (Å²) in [6.45, 7) is 0.0962. The molecule has 1 aliphatic heterocycles. The quantitative estimate of drug-likeness (QED) is 0.530. The second kappa shape index (κ2) is 7.05. The molecule has 1 amide bonds. The first-order chi connectivity index (χ1) is 14.9. The number of benzene rings is 3. The van der Waals surface area contributed by atoms with E-state index in [2.05, 4.69) is 0 Å². The molecule has 31 heavy (non-hydrogen) atoms. The third-order valence-corrected chi connectivity index (χ3v) is 5.40. The van der Waals surface area contributed by atoms with Crippen LogP contribution in [0.3, 0.4) is 0 Å². The highest BCUT2D eigenvalue weighted by molar-refractivity contribution is 5.99. The molecule has 0 aliphatic carbocycles. The summed E-state index contributed by atoms with van der Waals surface area (Å²) in [5.74, 6) is -1.57. The second-order valence-electron chi connectivity index (χ2n) is 7.37. The Hall–Kier alpha value is -4.00. The fourth-order valence-electron chi connectivity index (χ4n) is 3.95. The third-order valence-electron chi connectivity index (χ3n) is 5.40. The average molecular weight is 419 g/mol. The summed E-state index contributed by atoms with van der Waals surface area (Å²) in [5.41, 5.74) is 0.968. The van der Waals surface area contributed by atoms with Crippen LogP contribution in [-0.4, -0.2) is 15.9 Å².